The van der Waals surface area contributed by atoms with E-state index in [1.807, 2.05) is 84.4 Å². The van der Waals surface area contributed by atoms with Crippen LogP contribution < -0.4 is 4.74 Å². The lowest BCUT2D eigenvalue weighted by Gasteiger charge is -2.10. The zero-order chi connectivity index (χ0) is 20.9. The van der Waals surface area contributed by atoms with E-state index in [4.69, 9.17) is 4.74 Å². The summed E-state index contributed by atoms with van der Waals surface area (Å²) in [4.78, 5) is 19.5. The minimum atomic E-state index is 0.0503. The Balaban J connectivity index is 1.75. The molecule has 0 fully saturated rings. The smallest absolute Gasteiger partial charge is 0.179 e. The van der Waals surface area contributed by atoms with E-state index in [1.165, 1.54) is 0 Å². The normalized spacial score (nSPS) is 11.2. The fraction of sp³-hybridized carbons (Fsp3) is 0.200. The Bertz CT molecular complexity index is 1140. The zero-order valence-electron chi connectivity index (χ0n) is 17.3. The summed E-state index contributed by atoms with van der Waals surface area (Å²) >= 11 is 0. The van der Waals surface area contributed by atoms with E-state index in [0.717, 1.165) is 22.2 Å². The number of carbonyl (C=O) groups excluding carboxylic acids is 1. The first-order valence-electron chi connectivity index (χ1n) is 9.98. The number of Topliss-reactive ketones (excluding diaryl/α,β-unsaturated/α-hetero) is 1. The highest BCUT2D eigenvalue weighted by atomic mass is 16.5. The molecule has 0 unspecified atom stereocenters. The first kappa shape index (κ1) is 19.9. The van der Waals surface area contributed by atoms with Gasteiger partial charge in [0.25, 0.3) is 0 Å². The van der Waals surface area contributed by atoms with E-state index in [9.17, 15) is 4.79 Å². The molecule has 30 heavy (non-hydrogen) atoms. The minimum Gasteiger partial charge on any atom is -0.488 e. The van der Waals surface area contributed by atoms with Crippen LogP contribution in [0.2, 0.25) is 0 Å². The third kappa shape index (κ3) is 4.42. The van der Waals surface area contributed by atoms with Crippen molar-refractivity contribution in [3.8, 4) is 5.75 Å². The Morgan fingerprint density at radius 2 is 1.63 bits per heavy atom. The van der Waals surface area contributed by atoms with Crippen molar-refractivity contribution in [2.75, 3.05) is 20.6 Å². The van der Waals surface area contributed by atoms with E-state index in [0.29, 0.717) is 31.0 Å². The van der Waals surface area contributed by atoms with Crippen LogP contribution in [0.25, 0.3) is 11.0 Å². The van der Waals surface area contributed by atoms with Crippen LogP contribution in [0.3, 0.4) is 0 Å². The highest BCUT2D eigenvalue weighted by molar-refractivity contribution is 6.10. The van der Waals surface area contributed by atoms with Crippen molar-refractivity contribution in [2.45, 2.75) is 13.2 Å². The van der Waals surface area contributed by atoms with Crippen LogP contribution in [0, 0.1) is 0 Å². The highest BCUT2D eigenvalue weighted by Gasteiger charge is 2.20. The standard InChI is InChI=1S/C25H25N3O2/c1-27(2)17-22(29)21-16-28(15-19-9-5-3-6-10-19)25-24(21)23(13-14-26-25)30-18-20-11-7-4-8-12-20/h3-14,16H,15,17-18H2,1-2H3. The summed E-state index contributed by atoms with van der Waals surface area (Å²) in [7, 11) is 3.79. The lowest BCUT2D eigenvalue weighted by molar-refractivity contribution is 0.0959. The van der Waals surface area contributed by atoms with Crippen molar-refractivity contribution in [2.24, 2.45) is 0 Å². The SMILES string of the molecule is CN(C)CC(=O)c1cn(Cc2ccccc2)c2nccc(OCc3ccccc3)c12. The third-order valence-corrected chi connectivity index (χ3v) is 4.91. The van der Waals surface area contributed by atoms with E-state index >= 15 is 0 Å². The van der Waals surface area contributed by atoms with Gasteiger partial charge in [-0.2, -0.15) is 0 Å². The molecule has 0 N–H and O–H groups in total. The van der Waals surface area contributed by atoms with E-state index in [-0.39, 0.29) is 5.78 Å². The summed E-state index contributed by atoms with van der Waals surface area (Å²) in [6.45, 7) is 1.41. The maximum absolute atomic E-state index is 13.0. The van der Waals surface area contributed by atoms with Gasteiger partial charge >= 0.3 is 0 Å². The Morgan fingerprint density at radius 3 is 2.30 bits per heavy atom. The van der Waals surface area contributed by atoms with Crippen LogP contribution in [0.1, 0.15) is 21.5 Å². The molecule has 0 amide bonds. The fourth-order valence-electron chi connectivity index (χ4n) is 3.53. The van der Waals surface area contributed by atoms with Crippen LogP contribution in [0.5, 0.6) is 5.75 Å². The molecule has 4 aromatic rings. The molecule has 0 saturated heterocycles. The van der Waals surface area contributed by atoms with E-state index < -0.39 is 0 Å². The second-order valence-corrected chi connectivity index (χ2v) is 7.60. The van der Waals surface area contributed by atoms with Crippen molar-refractivity contribution in [1.29, 1.82) is 0 Å². The number of nitrogens with zero attached hydrogens (tertiary/aromatic N) is 3. The lowest BCUT2D eigenvalue weighted by atomic mass is 10.1. The molecule has 0 aliphatic carbocycles. The maximum atomic E-state index is 13.0. The van der Waals surface area contributed by atoms with Crippen LogP contribution in [-0.4, -0.2) is 40.9 Å². The van der Waals surface area contributed by atoms with Gasteiger partial charge in [0.1, 0.15) is 18.0 Å². The molecular formula is C25H25N3O2. The van der Waals surface area contributed by atoms with Gasteiger partial charge in [0, 0.05) is 24.5 Å². The number of aromatic nitrogens is 2. The van der Waals surface area contributed by atoms with Gasteiger partial charge < -0.3 is 14.2 Å². The number of carbonyl (C=O) groups is 1. The van der Waals surface area contributed by atoms with Crippen molar-refractivity contribution in [1.82, 2.24) is 14.5 Å². The Morgan fingerprint density at radius 1 is 0.967 bits per heavy atom. The molecule has 5 heteroatoms. The molecule has 0 spiro atoms. The molecule has 4 rings (SSSR count). The lowest BCUT2D eigenvalue weighted by Crippen LogP contribution is -2.21. The second-order valence-electron chi connectivity index (χ2n) is 7.60. The van der Waals surface area contributed by atoms with Crippen LogP contribution in [0.15, 0.2) is 79.1 Å². The number of hydrogen-bond donors (Lipinski definition) is 0. The van der Waals surface area contributed by atoms with Crippen molar-refractivity contribution in [3.63, 3.8) is 0 Å². The molecule has 0 bridgehead atoms. The molecule has 0 radical (unpaired) electrons. The monoisotopic (exact) mass is 399 g/mol. The van der Waals surface area contributed by atoms with Gasteiger partial charge in [0.05, 0.1) is 11.9 Å². The second kappa shape index (κ2) is 8.93. The number of benzene rings is 2. The molecule has 0 atom stereocenters. The fourth-order valence-corrected chi connectivity index (χ4v) is 3.53. The Kier molecular flexibility index (Phi) is 5.91. The molecule has 0 aliphatic heterocycles. The number of likely N-dealkylation sites (N-methyl/N-ethyl adjacent to an activating group) is 1. The summed E-state index contributed by atoms with van der Waals surface area (Å²) in [5.41, 5.74) is 3.63. The predicted octanol–water partition coefficient (Wildman–Crippen LogP) is 4.41. The van der Waals surface area contributed by atoms with Crippen LogP contribution >= 0.6 is 0 Å². The zero-order valence-corrected chi connectivity index (χ0v) is 17.3. The summed E-state index contributed by atoms with van der Waals surface area (Å²) in [6, 6.07) is 22.0. The maximum Gasteiger partial charge on any atom is 0.179 e. The molecular weight excluding hydrogens is 374 g/mol. The summed E-state index contributed by atoms with van der Waals surface area (Å²) in [5, 5.41) is 0.774. The van der Waals surface area contributed by atoms with Crippen molar-refractivity contribution >= 4 is 16.8 Å². The van der Waals surface area contributed by atoms with E-state index in [2.05, 4.69) is 17.1 Å². The summed E-state index contributed by atoms with van der Waals surface area (Å²) in [6.07, 6.45) is 3.65. The van der Waals surface area contributed by atoms with Gasteiger partial charge in [-0.05, 0) is 31.3 Å². The third-order valence-electron chi connectivity index (χ3n) is 4.91. The van der Waals surface area contributed by atoms with Gasteiger partial charge in [-0.25, -0.2) is 4.98 Å². The molecule has 0 aliphatic rings. The van der Waals surface area contributed by atoms with Crippen LogP contribution in [0.4, 0.5) is 0 Å². The largest absolute Gasteiger partial charge is 0.488 e. The quantitative estimate of drug-likeness (QED) is 0.412. The van der Waals surface area contributed by atoms with Gasteiger partial charge in [0.15, 0.2) is 5.78 Å². The summed E-state index contributed by atoms with van der Waals surface area (Å²) in [5.74, 6) is 0.729. The number of hydrogen-bond acceptors (Lipinski definition) is 4. The minimum absolute atomic E-state index is 0.0503. The number of fused-ring (bicyclic) bond motifs is 1. The average molecular weight is 399 g/mol. The number of pyridine rings is 1. The van der Waals surface area contributed by atoms with Crippen molar-refractivity contribution < 1.29 is 9.53 Å². The topological polar surface area (TPSA) is 47.4 Å². The van der Waals surface area contributed by atoms with Gasteiger partial charge in [0.2, 0.25) is 0 Å². The number of ether oxygens (including phenoxy) is 1. The molecule has 0 saturated carbocycles. The average Bonchev–Trinajstić information content (AvgIpc) is 3.12. The first-order chi connectivity index (χ1) is 14.6. The number of ketones is 1. The molecule has 152 valence electrons. The molecule has 5 nitrogen and oxygen atoms in total. The Hall–Kier alpha value is -3.44. The van der Waals surface area contributed by atoms with Crippen LogP contribution in [-0.2, 0) is 13.2 Å². The highest BCUT2D eigenvalue weighted by Crippen LogP contribution is 2.31. The molecule has 2 aromatic heterocycles. The van der Waals surface area contributed by atoms with Gasteiger partial charge in [-0.3, -0.25) is 4.79 Å². The first-order valence-corrected chi connectivity index (χ1v) is 9.98. The number of rotatable bonds is 8. The van der Waals surface area contributed by atoms with Gasteiger partial charge in [-0.15, -0.1) is 0 Å². The predicted molar refractivity (Wildman–Crippen MR) is 119 cm³/mol. The molecule has 2 heterocycles. The van der Waals surface area contributed by atoms with E-state index in [1.54, 1.807) is 6.20 Å². The van der Waals surface area contributed by atoms with Crippen molar-refractivity contribution in [3.05, 3.63) is 95.8 Å². The van der Waals surface area contributed by atoms with Gasteiger partial charge in [-0.1, -0.05) is 60.7 Å². The summed E-state index contributed by atoms with van der Waals surface area (Å²) < 4.78 is 8.18. The molecule has 2 aromatic carbocycles. The Labute approximate surface area is 176 Å².